The highest BCUT2D eigenvalue weighted by Gasteiger charge is 2.44. The standard InChI is InChI=1S/C11H12N2O/c14-7-11(4-5-11)9-3-1-2-8-6-12-13-10(8)9/h1-3,6,14H,4-5,7H2,(H,12,13). The van der Waals surface area contributed by atoms with Crippen LogP contribution in [0.3, 0.4) is 0 Å². The fourth-order valence-electron chi connectivity index (χ4n) is 2.07. The van der Waals surface area contributed by atoms with Crippen LogP contribution in [0.25, 0.3) is 10.9 Å². The van der Waals surface area contributed by atoms with Gasteiger partial charge >= 0.3 is 0 Å². The Balaban J connectivity index is 2.25. The maximum atomic E-state index is 9.37. The fraction of sp³-hybridized carbons (Fsp3) is 0.364. The lowest BCUT2D eigenvalue weighted by Gasteiger charge is -2.12. The Morgan fingerprint density at radius 1 is 1.43 bits per heavy atom. The number of hydrogen-bond donors (Lipinski definition) is 2. The number of para-hydroxylation sites is 1. The zero-order valence-corrected chi connectivity index (χ0v) is 7.83. The summed E-state index contributed by atoms with van der Waals surface area (Å²) in [7, 11) is 0. The highest BCUT2D eigenvalue weighted by molar-refractivity contribution is 5.82. The number of H-pyrrole nitrogens is 1. The molecule has 1 aromatic heterocycles. The lowest BCUT2D eigenvalue weighted by atomic mass is 9.95. The van der Waals surface area contributed by atoms with Crippen molar-refractivity contribution in [2.24, 2.45) is 0 Å². The fourth-order valence-corrected chi connectivity index (χ4v) is 2.07. The first kappa shape index (κ1) is 8.00. The number of fused-ring (bicyclic) bond motifs is 1. The van der Waals surface area contributed by atoms with E-state index in [-0.39, 0.29) is 12.0 Å². The number of aliphatic hydroxyl groups excluding tert-OH is 1. The molecule has 0 aliphatic heterocycles. The first-order chi connectivity index (χ1) is 6.86. The second kappa shape index (κ2) is 2.58. The molecule has 14 heavy (non-hydrogen) atoms. The predicted octanol–water partition coefficient (Wildman–Crippen LogP) is 1.59. The van der Waals surface area contributed by atoms with Gasteiger partial charge in [0.05, 0.1) is 18.3 Å². The van der Waals surface area contributed by atoms with Gasteiger partial charge in [-0.2, -0.15) is 5.10 Å². The molecule has 3 heteroatoms. The SMILES string of the molecule is OCC1(c2cccc3cn[nH]c23)CC1. The van der Waals surface area contributed by atoms with Crippen LogP contribution in [0.4, 0.5) is 0 Å². The maximum Gasteiger partial charge on any atom is 0.0688 e. The molecule has 1 aliphatic carbocycles. The monoisotopic (exact) mass is 188 g/mol. The van der Waals surface area contributed by atoms with E-state index in [1.165, 1.54) is 5.56 Å². The average Bonchev–Trinajstić information content (AvgIpc) is 2.87. The summed E-state index contributed by atoms with van der Waals surface area (Å²) in [5.74, 6) is 0. The van der Waals surface area contributed by atoms with Gasteiger partial charge < -0.3 is 5.11 Å². The van der Waals surface area contributed by atoms with E-state index in [1.54, 1.807) is 0 Å². The van der Waals surface area contributed by atoms with Crippen molar-refractivity contribution in [1.82, 2.24) is 10.2 Å². The average molecular weight is 188 g/mol. The summed E-state index contributed by atoms with van der Waals surface area (Å²) in [5.41, 5.74) is 2.32. The van der Waals surface area contributed by atoms with Crippen molar-refractivity contribution in [3.8, 4) is 0 Å². The van der Waals surface area contributed by atoms with Crippen LogP contribution in [0.2, 0.25) is 0 Å². The van der Waals surface area contributed by atoms with Crippen molar-refractivity contribution in [3.05, 3.63) is 30.0 Å². The summed E-state index contributed by atoms with van der Waals surface area (Å²) in [4.78, 5) is 0. The molecular weight excluding hydrogens is 176 g/mol. The van der Waals surface area contributed by atoms with Crippen LogP contribution in [-0.2, 0) is 5.41 Å². The largest absolute Gasteiger partial charge is 0.395 e. The quantitative estimate of drug-likeness (QED) is 0.751. The molecule has 0 spiro atoms. The Labute approximate surface area is 81.8 Å². The van der Waals surface area contributed by atoms with Crippen molar-refractivity contribution in [2.45, 2.75) is 18.3 Å². The van der Waals surface area contributed by atoms with E-state index in [9.17, 15) is 5.11 Å². The Morgan fingerprint density at radius 3 is 3.00 bits per heavy atom. The van der Waals surface area contributed by atoms with Crippen LogP contribution in [-0.4, -0.2) is 21.9 Å². The van der Waals surface area contributed by atoms with Gasteiger partial charge in [0, 0.05) is 10.8 Å². The molecule has 1 saturated carbocycles. The summed E-state index contributed by atoms with van der Waals surface area (Å²) >= 11 is 0. The summed E-state index contributed by atoms with van der Waals surface area (Å²) in [6.07, 6.45) is 4.00. The Hall–Kier alpha value is -1.35. The van der Waals surface area contributed by atoms with Gasteiger partial charge in [0.25, 0.3) is 0 Å². The molecule has 3 rings (SSSR count). The molecule has 3 nitrogen and oxygen atoms in total. The van der Waals surface area contributed by atoms with E-state index < -0.39 is 0 Å². The minimum absolute atomic E-state index is 0.0199. The minimum atomic E-state index is 0.0199. The van der Waals surface area contributed by atoms with Crippen LogP contribution in [0.5, 0.6) is 0 Å². The number of nitrogens with one attached hydrogen (secondary N) is 1. The van der Waals surface area contributed by atoms with Crippen molar-refractivity contribution in [1.29, 1.82) is 0 Å². The van der Waals surface area contributed by atoms with Crippen LogP contribution in [0.15, 0.2) is 24.4 Å². The molecule has 1 heterocycles. The Morgan fingerprint density at radius 2 is 2.29 bits per heavy atom. The number of hydrogen-bond acceptors (Lipinski definition) is 2. The van der Waals surface area contributed by atoms with Crippen LogP contribution in [0, 0.1) is 0 Å². The molecule has 72 valence electrons. The van der Waals surface area contributed by atoms with Gasteiger partial charge in [0.2, 0.25) is 0 Å². The molecule has 0 amide bonds. The summed E-state index contributed by atoms with van der Waals surface area (Å²) in [6.45, 7) is 0.241. The minimum Gasteiger partial charge on any atom is -0.395 e. The highest BCUT2D eigenvalue weighted by Crippen LogP contribution is 2.49. The van der Waals surface area contributed by atoms with E-state index in [1.807, 2.05) is 18.3 Å². The number of aliphatic hydroxyl groups is 1. The number of benzene rings is 1. The number of aromatic amines is 1. The first-order valence-corrected chi connectivity index (χ1v) is 4.89. The van der Waals surface area contributed by atoms with Gasteiger partial charge in [-0.15, -0.1) is 0 Å². The molecule has 0 bridgehead atoms. The summed E-state index contributed by atoms with van der Waals surface area (Å²) < 4.78 is 0. The molecule has 0 radical (unpaired) electrons. The second-order valence-electron chi connectivity index (χ2n) is 4.08. The topological polar surface area (TPSA) is 48.9 Å². The third-order valence-corrected chi connectivity index (χ3v) is 3.20. The highest BCUT2D eigenvalue weighted by atomic mass is 16.3. The van der Waals surface area contributed by atoms with Crippen LogP contribution in [0.1, 0.15) is 18.4 Å². The number of rotatable bonds is 2. The lowest BCUT2D eigenvalue weighted by molar-refractivity contribution is 0.255. The van der Waals surface area contributed by atoms with Gasteiger partial charge in [-0.3, -0.25) is 5.10 Å². The van der Waals surface area contributed by atoms with Crippen molar-refractivity contribution in [2.75, 3.05) is 6.61 Å². The van der Waals surface area contributed by atoms with Crippen LogP contribution < -0.4 is 0 Å². The molecule has 1 aromatic carbocycles. The number of nitrogens with zero attached hydrogens (tertiary/aromatic N) is 1. The smallest absolute Gasteiger partial charge is 0.0688 e. The molecule has 0 saturated heterocycles. The predicted molar refractivity (Wildman–Crippen MR) is 54.1 cm³/mol. The van der Waals surface area contributed by atoms with E-state index in [4.69, 9.17) is 0 Å². The van der Waals surface area contributed by atoms with Gasteiger partial charge in [-0.05, 0) is 18.4 Å². The van der Waals surface area contributed by atoms with Gasteiger partial charge in [0.1, 0.15) is 0 Å². The van der Waals surface area contributed by atoms with Gasteiger partial charge in [0.15, 0.2) is 0 Å². The lowest BCUT2D eigenvalue weighted by Crippen LogP contribution is -2.12. The molecule has 0 unspecified atom stereocenters. The zero-order chi connectivity index (χ0) is 9.60. The van der Waals surface area contributed by atoms with Crippen molar-refractivity contribution < 1.29 is 5.11 Å². The van der Waals surface area contributed by atoms with E-state index in [0.29, 0.717) is 0 Å². The van der Waals surface area contributed by atoms with Gasteiger partial charge in [-0.25, -0.2) is 0 Å². The Kier molecular flexibility index (Phi) is 1.47. The van der Waals surface area contributed by atoms with E-state index >= 15 is 0 Å². The third-order valence-electron chi connectivity index (χ3n) is 3.20. The van der Waals surface area contributed by atoms with Crippen molar-refractivity contribution >= 4 is 10.9 Å². The molecule has 1 aliphatic rings. The Bertz CT molecular complexity index is 471. The third kappa shape index (κ3) is 0.930. The number of aromatic nitrogens is 2. The van der Waals surface area contributed by atoms with Crippen molar-refractivity contribution in [3.63, 3.8) is 0 Å². The second-order valence-corrected chi connectivity index (χ2v) is 4.08. The van der Waals surface area contributed by atoms with E-state index in [2.05, 4.69) is 16.3 Å². The maximum absolute atomic E-state index is 9.37. The summed E-state index contributed by atoms with van der Waals surface area (Å²) in [6, 6.07) is 6.16. The van der Waals surface area contributed by atoms with Gasteiger partial charge in [-0.1, -0.05) is 18.2 Å². The molecule has 1 fully saturated rings. The van der Waals surface area contributed by atoms with Crippen LogP contribution >= 0.6 is 0 Å². The molecule has 2 aromatic rings. The molecule has 2 N–H and O–H groups in total. The first-order valence-electron chi connectivity index (χ1n) is 4.89. The summed E-state index contributed by atoms with van der Waals surface area (Å²) in [5, 5.41) is 17.5. The normalized spacial score (nSPS) is 18.6. The molecular formula is C11H12N2O. The van der Waals surface area contributed by atoms with E-state index in [0.717, 1.165) is 23.7 Å². The zero-order valence-electron chi connectivity index (χ0n) is 7.83. The molecule has 0 atom stereocenters.